The molecule has 2 aromatic heterocycles. The van der Waals surface area contributed by atoms with Gasteiger partial charge in [0.1, 0.15) is 0 Å². The van der Waals surface area contributed by atoms with E-state index in [1.807, 2.05) is 18.5 Å². The molecule has 1 aliphatic heterocycles. The third-order valence-corrected chi connectivity index (χ3v) is 6.80. The molecule has 24 heavy (non-hydrogen) atoms. The molecule has 1 spiro atoms. The highest BCUT2D eigenvalue weighted by atomic mass is 32.2. The second-order valence-electron chi connectivity index (χ2n) is 7.33. The van der Waals surface area contributed by atoms with Crippen molar-refractivity contribution in [1.29, 1.82) is 0 Å². The zero-order chi connectivity index (χ0) is 16.7. The number of thioether (sulfide) groups is 1. The molecular weight excluding hydrogens is 322 g/mol. The number of nitrogens with zero attached hydrogens (tertiary/aromatic N) is 5. The lowest BCUT2D eigenvalue weighted by atomic mass is 10.0. The molecule has 3 heterocycles. The van der Waals surface area contributed by atoms with Crippen molar-refractivity contribution in [3.63, 3.8) is 0 Å². The van der Waals surface area contributed by atoms with Crippen LogP contribution in [0.2, 0.25) is 0 Å². The van der Waals surface area contributed by atoms with Gasteiger partial charge in [-0.1, -0.05) is 18.7 Å². The van der Waals surface area contributed by atoms with Gasteiger partial charge in [0.15, 0.2) is 17.3 Å². The Kier molecular flexibility index (Phi) is 4.16. The van der Waals surface area contributed by atoms with Crippen LogP contribution in [0.25, 0.3) is 11.6 Å². The summed E-state index contributed by atoms with van der Waals surface area (Å²) in [6.45, 7) is 8.13. The van der Waals surface area contributed by atoms with Crippen molar-refractivity contribution in [2.45, 2.75) is 38.3 Å². The van der Waals surface area contributed by atoms with E-state index in [1.165, 1.54) is 45.3 Å². The number of likely N-dealkylation sites (tertiary alicyclic amines) is 1. The van der Waals surface area contributed by atoms with Crippen molar-refractivity contribution in [2.24, 2.45) is 18.4 Å². The molecule has 2 aliphatic rings. The van der Waals surface area contributed by atoms with Crippen LogP contribution in [0.5, 0.6) is 0 Å². The zero-order valence-corrected chi connectivity index (χ0v) is 15.5. The minimum atomic E-state index is 0.695. The fourth-order valence-electron chi connectivity index (χ4n) is 3.90. The standard InChI is InChI=1S/C17H25N5OS/c1-12-9-17(12)5-7-22(10-17)6-4-8-24-16-20-19-15(21(16)3)14-13(2)18-11-23-14/h11-12H,4-10H2,1-3H3/t12-,17-/m1/s1. The SMILES string of the molecule is Cc1ncoc1-c1nnc(SCCCN2CC[C@@]3(C[C@H]3C)C2)n1C. The molecule has 2 fully saturated rings. The van der Waals surface area contributed by atoms with Gasteiger partial charge >= 0.3 is 0 Å². The summed E-state index contributed by atoms with van der Waals surface area (Å²) >= 11 is 1.77. The summed E-state index contributed by atoms with van der Waals surface area (Å²) in [6, 6.07) is 0. The molecule has 2 atom stereocenters. The summed E-state index contributed by atoms with van der Waals surface area (Å²) in [5.41, 5.74) is 1.54. The highest BCUT2D eigenvalue weighted by Gasteiger charge is 2.54. The van der Waals surface area contributed by atoms with Gasteiger partial charge in [-0.2, -0.15) is 0 Å². The van der Waals surface area contributed by atoms with Crippen molar-refractivity contribution in [2.75, 3.05) is 25.4 Å². The Labute approximate surface area is 147 Å². The van der Waals surface area contributed by atoms with Crippen LogP contribution in [0, 0.1) is 18.3 Å². The third kappa shape index (κ3) is 2.88. The van der Waals surface area contributed by atoms with E-state index in [0.717, 1.165) is 28.3 Å². The van der Waals surface area contributed by atoms with Gasteiger partial charge in [0.25, 0.3) is 0 Å². The number of aromatic nitrogens is 4. The quantitative estimate of drug-likeness (QED) is 0.591. The summed E-state index contributed by atoms with van der Waals surface area (Å²) < 4.78 is 7.42. The molecule has 1 saturated carbocycles. The molecule has 0 N–H and O–H groups in total. The fraction of sp³-hybridized carbons (Fsp3) is 0.706. The van der Waals surface area contributed by atoms with Crippen molar-refractivity contribution >= 4 is 11.8 Å². The van der Waals surface area contributed by atoms with E-state index in [4.69, 9.17) is 4.42 Å². The van der Waals surface area contributed by atoms with Crippen LogP contribution < -0.4 is 0 Å². The Hall–Kier alpha value is -1.34. The predicted molar refractivity (Wildman–Crippen MR) is 93.8 cm³/mol. The lowest BCUT2D eigenvalue weighted by Crippen LogP contribution is -2.23. The Morgan fingerprint density at radius 2 is 2.25 bits per heavy atom. The highest BCUT2D eigenvalue weighted by Crippen LogP contribution is 2.58. The molecule has 0 amide bonds. The summed E-state index contributed by atoms with van der Waals surface area (Å²) in [5, 5.41) is 9.50. The number of hydrogen-bond donors (Lipinski definition) is 0. The van der Waals surface area contributed by atoms with E-state index in [2.05, 4.69) is 27.0 Å². The fourth-order valence-corrected chi connectivity index (χ4v) is 4.74. The molecule has 1 saturated heterocycles. The highest BCUT2D eigenvalue weighted by molar-refractivity contribution is 7.99. The van der Waals surface area contributed by atoms with Crippen molar-refractivity contribution in [1.82, 2.24) is 24.6 Å². The molecule has 0 aromatic carbocycles. The van der Waals surface area contributed by atoms with E-state index >= 15 is 0 Å². The maximum atomic E-state index is 5.42. The maximum absolute atomic E-state index is 5.42. The molecule has 130 valence electrons. The first-order chi connectivity index (χ1) is 11.6. The van der Waals surface area contributed by atoms with Crippen LogP contribution in [-0.2, 0) is 7.05 Å². The minimum absolute atomic E-state index is 0.695. The summed E-state index contributed by atoms with van der Waals surface area (Å²) in [4.78, 5) is 6.77. The molecule has 7 heteroatoms. The van der Waals surface area contributed by atoms with E-state index in [0.29, 0.717) is 11.2 Å². The van der Waals surface area contributed by atoms with E-state index < -0.39 is 0 Å². The summed E-state index contributed by atoms with van der Waals surface area (Å²) in [6.07, 6.45) is 5.50. The number of hydrogen-bond acceptors (Lipinski definition) is 6. The Bertz CT molecular complexity index is 726. The van der Waals surface area contributed by atoms with Crippen LogP contribution in [-0.4, -0.2) is 50.0 Å². The Morgan fingerprint density at radius 1 is 1.42 bits per heavy atom. The van der Waals surface area contributed by atoms with E-state index in [1.54, 1.807) is 11.8 Å². The molecular formula is C17H25N5OS. The molecule has 4 rings (SSSR count). The molecule has 0 unspecified atom stereocenters. The summed E-state index contributed by atoms with van der Waals surface area (Å²) in [5.74, 6) is 3.48. The maximum Gasteiger partial charge on any atom is 0.202 e. The Morgan fingerprint density at radius 3 is 2.92 bits per heavy atom. The Balaban J connectivity index is 1.27. The average Bonchev–Trinajstić information content (AvgIpc) is 2.97. The van der Waals surface area contributed by atoms with Crippen molar-refractivity contribution in [3.05, 3.63) is 12.1 Å². The van der Waals surface area contributed by atoms with Crippen LogP contribution in [0.15, 0.2) is 16.0 Å². The topological polar surface area (TPSA) is 60.0 Å². The van der Waals surface area contributed by atoms with Gasteiger partial charge in [-0.15, -0.1) is 10.2 Å². The summed E-state index contributed by atoms with van der Waals surface area (Å²) in [7, 11) is 1.98. The van der Waals surface area contributed by atoms with Gasteiger partial charge in [0.05, 0.1) is 5.69 Å². The minimum Gasteiger partial charge on any atom is -0.440 e. The van der Waals surface area contributed by atoms with Gasteiger partial charge in [-0.3, -0.25) is 0 Å². The van der Waals surface area contributed by atoms with Gasteiger partial charge < -0.3 is 13.9 Å². The van der Waals surface area contributed by atoms with Gasteiger partial charge in [0.2, 0.25) is 5.82 Å². The van der Waals surface area contributed by atoms with Crippen molar-refractivity contribution in [3.8, 4) is 11.6 Å². The normalized spacial score (nSPS) is 26.5. The predicted octanol–water partition coefficient (Wildman–Crippen LogP) is 2.99. The number of rotatable bonds is 6. The zero-order valence-electron chi connectivity index (χ0n) is 14.7. The lowest BCUT2D eigenvalue weighted by molar-refractivity contribution is 0.316. The van der Waals surface area contributed by atoms with Crippen LogP contribution >= 0.6 is 11.8 Å². The van der Waals surface area contributed by atoms with Crippen molar-refractivity contribution < 1.29 is 4.42 Å². The first-order valence-corrected chi connectivity index (χ1v) is 9.73. The second-order valence-corrected chi connectivity index (χ2v) is 8.39. The largest absolute Gasteiger partial charge is 0.440 e. The molecule has 1 aliphatic carbocycles. The van der Waals surface area contributed by atoms with Crippen LogP contribution in [0.1, 0.15) is 31.9 Å². The van der Waals surface area contributed by atoms with Gasteiger partial charge in [0, 0.05) is 19.3 Å². The molecule has 0 bridgehead atoms. The smallest absolute Gasteiger partial charge is 0.202 e. The number of aryl methyl sites for hydroxylation is 1. The monoisotopic (exact) mass is 347 g/mol. The second kappa shape index (κ2) is 6.19. The first kappa shape index (κ1) is 16.1. The van der Waals surface area contributed by atoms with Crippen LogP contribution in [0.4, 0.5) is 0 Å². The molecule has 6 nitrogen and oxygen atoms in total. The third-order valence-electron chi connectivity index (χ3n) is 5.70. The van der Waals surface area contributed by atoms with Gasteiger partial charge in [-0.05, 0) is 50.6 Å². The van der Waals surface area contributed by atoms with E-state index in [9.17, 15) is 0 Å². The molecule has 2 aromatic rings. The average molecular weight is 347 g/mol. The first-order valence-electron chi connectivity index (χ1n) is 8.74. The number of oxazole rings is 1. The molecule has 0 radical (unpaired) electrons. The lowest BCUT2D eigenvalue weighted by Gasteiger charge is -2.15. The van der Waals surface area contributed by atoms with E-state index in [-0.39, 0.29) is 0 Å². The van der Waals surface area contributed by atoms with Gasteiger partial charge in [-0.25, -0.2) is 4.98 Å². The van der Waals surface area contributed by atoms with Crippen LogP contribution in [0.3, 0.4) is 0 Å².